The molecule has 4 heterocycles. The number of aromatic nitrogens is 5. The highest BCUT2D eigenvalue weighted by atomic mass is 35.5. The van der Waals surface area contributed by atoms with Crippen LogP contribution in [-0.4, -0.2) is 42.7 Å². The Labute approximate surface area is 197 Å². The van der Waals surface area contributed by atoms with Crippen molar-refractivity contribution in [1.29, 1.82) is 0 Å². The number of nitrogens with zero attached hydrogens (tertiary/aromatic N) is 6. The summed E-state index contributed by atoms with van der Waals surface area (Å²) < 4.78 is 3.67. The average Bonchev–Trinajstić information content (AvgIpc) is 3.40. The SMILES string of the molecule is Cc1ccc(C2(O)[C@@H]3CC[C@H]2CN(c2cc4c(cnn4-c4cnn(C)c4)cc2Cl)C3)c(C)n1. The van der Waals surface area contributed by atoms with Gasteiger partial charge < -0.3 is 10.0 Å². The van der Waals surface area contributed by atoms with E-state index in [9.17, 15) is 5.11 Å². The summed E-state index contributed by atoms with van der Waals surface area (Å²) >= 11 is 6.77. The first-order valence-electron chi connectivity index (χ1n) is 11.4. The summed E-state index contributed by atoms with van der Waals surface area (Å²) in [6, 6.07) is 8.20. The largest absolute Gasteiger partial charge is 0.384 e. The van der Waals surface area contributed by atoms with Crippen molar-refractivity contribution in [3.63, 3.8) is 0 Å². The number of pyridine rings is 1. The summed E-state index contributed by atoms with van der Waals surface area (Å²) in [5.74, 6) is 0.268. The van der Waals surface area contributed by atoms with Crippen LogP contribution in [0.3, 0.4) is 0 Å². The molecule has 0 radical (unpaired) electrons. The number of aliphatic hydroxyl groups is 1. The fourth-order valence-corrected chi connectivity index (χ4v) is 6.28. The van der Waals surface area contributed by atoms with Gasteiger partial charge in [-0.2, -0.15) is 10.2 Å². The molecule has 1 saturated carbocycles. The monoisotopic (exact) mass is 462 g/mol. The van der Waals surface area contributed by atoms with Gasteiger partial charge in [-0.3, -0.25) is 9.67 Å². The zero-order valence-electron chi connectivity index (χ0n) is 19.0. The second-order valence-electron chi connectivity index (χ2n) is 9.58. The number of fused-ring (bicyclic) bond motifs is 3. The fourth-order valence-electron chi connectivity index (χ4n) is 5.99. The van der Waals surface area contributed by atoms with Crippen molar-refractivity contribution in [2.24, 2.45) is 18.9 Å². The maximum atomic E-state index is 12.0. The molecule has 170 valence electrons. The molecule has 2 fully saturated rings. The molecule has 8 heteroatoms. The van der Waals surface area contributed by atoms with Gasteiger partial charge in [0.15, 0.2) is 0 Å². The molecule has 1 aromatic carbocycles. The molecule has 33 heavy (non-hydrogen) atoms. The molecule has 1 N–H and O–H groups in total. The molecule has 4 aromatic rings. The zero-order valence-corrected chi connectivity index (χ0v) is 19.8. The van der Waals surface area contributed by atoms with Crippen LogP contribution in [0, 0.1) is 25.7 Å². The Hall–Kier alpha value is -2.90. The Morgan fingerprint density at radius 1 is 1.06 bits per heavy atom. The Morgan fingerprint density at radius 3 is 2.48 bits per heavy atom. The van der Waals surface area contributed by atoms with Crippen LogP contribution in [0.5, 0.6) is 0 Å². The van der Waals surface area contributed by atoms with E-state index in [0.29, 0.717) is 5.02 Å². The summed E-state index contributed by atoms with van der Waals surface area (Å²) in [6.45, 7) is 5.52. The maximum Gasteiger partial charge on any atom is 0.103 e. The van der Waals surface area contributed by atoms with Gasteiger partial charge in [0.25, 0.3) is 0 Å². The first-order valence-corrected chi connectivity index (χ1v) is 11.8. The third-order valence-corrected chi connectivity index (χ3v) is 7.86. The lowest BCUT2D eigenvalue weighted by atomic mass is 9.74. The van der Waals surface area contributed by atoms with E-state index in [1.807, 2.05) is 50.1 Å². The predicted molar refractivity (Wildman–Crippen MR) is 129 cm³/mol. The molecular formula is C25H27ClN6O. The molecule has 2 bridgehead atoms. The Balaban J connectivity index is 1.37. The second-order valence-corrected chi connectivity index (χ2v) is 9.99. The van der Waals surface area contributed by atoms with Gasteiger partial charge in [0, 0.05) is 54.3 Å². The maximum absolute atomic E-state index is 12.0. The van der Waals surface area contributed by atoms with E-state index < -0.39 is 5.60 Å². The molecule has 7 nitrogen and oxygen atoms in total. The quantitative estimate of drug-likeness (QED) is 0.495. The molecule has 2 aliphatic rings. The van der Waals surface area contributed by atoms with E-state index in [-0.39, 0.29) is 11.8 Å². The minimum Gasteiger partial charge on any atom is -0.384 e. The number of hydrogen-bond donors (Lipinski definition) is 1. The van der Waals surface area contributed by atoms with Crippen LogP contribution in [-0.2, 0) is 12.6 Å². The van der Waals surface area contributed by atoms with Gasteiger partial charge in [-0.25, -0.2) is 4.68 Å². The van der Waals surface area contributed by atoms with Gasteiger partial charge in [0.1, 0.15) is 11.3 Å². The fraction of sp³-hybridized carbons (Fsp3) is 0.400. The van der Waals surface area contributed by atoms with Gasteiger partial charge in [-0.15, -0.1) is 0 Å². The summed E-state index contributed by atoms with van der Waals surface area (Å²) in [6.07, 6.45) is 7.58. The molecule has 6 rings (SSSR count). The molecule has 0 spiro atoms. The number of anilines is 1. The van der Waals surface area contributed by atoms with E-state index in [1.54, 1.807) is 10.9 Å². The number of benzene rings is 1. The molecule has 3 aromatic heterocycles. The lowest BCUT2D eigenvalue weighted by Gasteiger charge is -2.46. The molecule has 1 unspecified atom stereocenters. The summed E-state index contributed by atoms with van der Waals surface area (Å²) in [5.41, 5.74) is 4.96. The number of aryl methyl sites for hydroxylation is 3. The molecule has 1 saturated heterocycles. The molecule has 3 atom stereocenters. The van der Waals surface area contributed by atoms with E-state index in [1.165, 1.54) is 0 Å². The van der Waals surface area contributed by atoms with Crippen LogP contribution in [0.2, 0.25) is 5.02 Å². The molecule has 1 aliphatic heterocycles. The molecule has 1 aliphatic carbocycles. The number of rotatable bonds is 3. The highest BCUT2D eigenvalue weighted by Gasteiger charge is 2.54. The van der Waals surface area contributed by atoms with E-state index in [2.05, 4.69) is 32.2 Å². The van der Waals surface area contributed by atoms with Crippen molar-refractivity contribution < 1.29 is 5.11 Å². The van der Waals surface area contributed by atoms with Gasteiger partial charge in [-0.1, -0.05) is 17.7 Å². The van der Waals surface area contributed by atoms with Crippen LogP contribution < -0.4 is 4.90 Å². The van der Waals surface area contributed by atoms with Crippen molar-refractivity contribution in [1.82, 2.24) is 24.5 Å². The lowest BCUT2D eigenvalue weighted by molar-refractivity contribution is -0.0517. The number of halogens is 1. The first kappa shape index (κ1) is 20.7. The summed E-state index contributed by atoms with van der Waals surface area (Å²) in [4.78, 5) is 6.98. The summed E-state index contributed by atoms with van der Waals surface area (Å²) in [5, 5.41) is 22.5. The highest BCUT2D eigenvalue weighted by molar-refractivity contribution is 6.34. The lowest BCUT2D eigenvalue weighted by Crippen LogP contribution is -2.52. The first-order chi connectivity index (χ1) is 15.8. The molecule has 0 amide bonds. The third kappa shape index (κ3) is 3.09. The average molecular weight is 463 g/mol. The normalized spacial score (nSPS) is 24.7. The van der Waals surface area contributed by atoms with Gasteiger partial charge >= 0.3 is 0 Å². The minimum absolute atomic E-state index is 0.134. The van der Waals surface area contributed by atoms with Gasteiger partial charge in [-0.05, 0) is 44.9 Å². The van der Waals surface area contributed by atoms with Crippen LogP contribution in [0.25, 0.3) is 16.6 Å². The smallest absolute Gasteiger partial charge is 0.103 e. The minimum atomic E-state index is -0.838. The van der Waals surface area contributed by atoms with Gasteiger partial charge in [0.05, 0.1) is 34.8 Å². The van der Waals surface area contributed by atoms with Crippen LogP contribution in [0.15, 0.2) is 42.9 Å². The highest BCUT2D eigenvalue weighted by Crippen LogP contribution is 2.53. The van der Waals surface area contributed by atoms with E-state index >= 15 is 0 Å². The van der Waals surface area contributed by atoms with Crippen molar-refractivity contribution >= 4 is 28.2 Å². The van der Waals surface area contributed by atoms with Crippen LogP contribution in [0.1, 0.15) is 29.8 Å². The summed E-state index contributed by atoms with van der Waals surface area (Å²) in [7, 11) is 1.90. The van der Waals surface area contributed by atoms with Crippen LogP contribution >= 0.6 is 11.6 Å². The number of hydrogen-bond acceptors (Lipinski definition) is 5. The van der Waals surface area contributed by atoms with Crippen molar-refractivity contribution in [3.8, 4) is 5.69 Å². The number of piperidine rings is 1. The van der Waals surface area contributed by atoms with Crippen molar-refractivity contribution in [2.45, 2.75) is 32.3 Å². The van der Waals surface area contributed by atoms with E-state index in [0.717, 1.165) is 65.2 Å². The third-order valence-electron chi connectivity index (χ3n) is 7.56. The van der Waals surface area contributed by atoms with Crippen molar-refractivity contribution in [2.75, 3.05) is 18.0 Å². The van der Waals surface area contributed by atoms with Gasteiger partial charge in [0.2, 0.25) is 0 Å². The predicted octanol–water partition coefficient (Wildman–Crippen LogP) is 4.16. The standard InChI is InChI=1S/C25H27ClN6O/c1-15-4-7-21(16(2)29-15)25(33)18-5-6-19(25)13-31(12-18)24-9-23-17(8-22(24)26)10-28-32(23)20-11-27-30(3)14-20/h4,7-11,14,18-19,33H,5-6,12-13H2,1-3H3/t18-,19+,25?. The Bertz CT molecular complexity index is 1360. The van der Waals surface area contributed by atoms with Crippen LogP contribution in [0.4, 0.5) is 5.69 Å². The van der Waals surface area contributed by atoms with E-state index in [4.69, 9.17) is 11.6 Å². The Morgan fingerprint density at radius 2 is 1.82 bits per heavy atom. The van der Waals surface area contributed by atoms with Crippen molar-refractivity contribution in [3.05, 3.63) is 64.8 Å². The topological polar surface area (TPSA) is 72.0 Å². The zero-order chi connectivity index (χ0) is 22.9. The second kappa shape index (κ2) is 7.30. The molecular weight excluding hydrogens is 436 g/mol. The Kier molecular flexibility index (Phi) is 4.58.